The van der Waals surface area contributed by atoms with Gasteiger partial charge >= 0.3 is 0 Å². The van der Waals surface area contributed by atoms with Gasteiger partial charge in [0.15, 0.2) is 0 Å². The van der Waals surface area contributed by atoms with Crippen molar-refractivity contribution in [2.75, 3.05) is 0 Å². The zero-order valence-corrected chi connectivity index (χ0v) is 13.5. The van der Waals surface area contributed by atoms with Gasteiger partial charge in [-0.1, -0.05) is 33.6 Å². The lowest BCUT2D eigenvalue weighted by atomic mass is 10.2. The molecule has 0 aliphatic heterocycles. The molecule has 0 aliphatic rings. The second-order valence-corrected chi connectivity index (χ2v) is 5.88. The van der Waals surface area contributed by atoms with E-state index in [9.17, 15) is 0 Å². The number of rotatable bonds is 3. The summed E-state index contributed by atoms with van der Waals surface area (Å²) in [4.78, 5) is 0. The van der Waals surface area contributed by atoms with Crippen LogP contribution >= 0.6 is 43.5 Å². The summed E-state index contributed by atoms with van der Waals surface area (Å²) in [5.74, 6) is 0.910. The Hall–Kier alpha value is -1.04. The summed E-state index contributed by atoms with van der Waals surface area (Å²) in [5.41, 5.74) is 6.07. The molecule has 0 amide bonds. The van der Waals surface area contributed by atoms with E-state index in [1.165, 1.54) is 0 Å². The Bertz CT molecular complexity index is 647. The van der Waals surface area contributed by atoms with Gasteiger partial charge in [-0.15, -0.1) is 0 Å². The normalized spacial score (nSPS) is 10.3. The standard InChI is InChI=1S/C13H9Br2ClN2O/c14-7-4-5-10(9(16)6-7)19-11-3-1-2-8(15)12(11)13(17)18/h1-6H,(H3,17,18). The fourth-order valence-electron chi connectivity index (χ4n) is 1.53. The van der Waals surface area contributed by atoms with E-state index in [1.807, 2.05) is 6.07 Å². The molecule has 0 bridgehead atoms. The average Bonchev–Trinajstić information content (AvgIpc) is 2.32. The highest BCUT2D eigenvalue weighted by molar-refractivity contribution is 9.10. The molecule has 0 atom stereocenters. The minimum absolute atomic E-state index is 0.0734. The topological polar surface area (TPSA) is 59.1 Å². The van der Waals surface area contributed by atoms with Gasteiger partial charge in [-0.2, -0.15) is 0 Å². The van der Waals surface area contributed by atoms with Gasteiger partial charge in [0.2, 0.25) is 0 Å². The molecule has 0 unspecified atom stereocenters. The predicted molar refractivity (Wildman–Crippen MR) is 84.4 cm³/mol. The molecule has 0 spiro atoms. The number of amidine groups is 1. The van der Waals surface area contributed by atoms with Crippen LogP contribution in [0, 0.1) is 5.41 Å². The van der Waals surface area contributed by atoms with Crippen LogP contribution in [-0.4, -0.2) is 5.84 Å². The van der Waals surface area contributed by atoms with E-state index in [-0.39, 0.29) is 5.84 Å². The molecule has 0 aromatic heterocycles. The third-order valence-corrected chi connectivity index (χ3v) is 3.81. The van der Waals surface area contributed by atoms with E-state index in [2.05, 4.69) is 31.9 Å². The van der Waals surface area contributed by atoms with Gasteiger partial charge in [0.05, 0.1) is 10.6 Å². The second kappa shape index (κ2) is 5.94. The van der Waals surface area contributed by atoms with Crippen molar-refractivity contribution < 1.29 is 4.74 Å². The Balaban J connectivity index is 2.44. The van der Waals surface area contributed by atoms with Crippen LogP contribution in [0.3, 0.4) is 0 Å². The number of hydrogen-bond acceptors (Lipinski definition) is 2. The summed E-state index contributed by atoms with van der Waals surface area (Å²) in [7, 11) is 0. The van der Waals surface area contributed by atoms with Crippen LogP contribution in [-0.2, 0) is 0 Å². The molecule has 0 heterocycles. The van der Waals surface area contributed by atoms with E-state index >= 15 is 0 Å². The first-order valence-electron chi connectivity index (χ1n) is 5.25. The molecular formula is C13H9Br2ClN2O. The lowest BCUT2D eigenvalue weighted by Crippen LogP contribution is -2.13. The fraction of sp³-hybridized carbons (Fsp3) is 0. The molecule has 3 nitrogen and oxygen atoms in total. The summed E-state index contributed by atoms with van der Waals surface area (Å²) < 4.78 is 7.30. The molecule has 0 aliphatic carbocycles. The van der Waals surface area contributed by atoms with Crippen molar-refractivity contribution in [3.05, 3.63) is 55.9 Å². The molecule has 2 aromatic rings. The van der Waals surface area contributed by atoms with Crippen LogP contribution < -0.4 is 10.5 Å². The molecule has 19 heavy (non-hydrogen) atoms. The molecule has 0 saturated carbocycles. The quantitative estimate of drug-likeness (QED) is 0.562. The molecule has 0 fully saturated rings. The number of nitrogens with two attached hydrogens (primary N) is 1. The van der Waals surface area contributed by atoms with E-state index in [4.69, 9.17) is 27.5 Å². The van der Waals surface area contributed by atoms with Crippen molar-refractivity contribution in [1.29, 1.82) is 5.41 Å². The minimum atomic E-state index is -0.0734. The SMILES string of the molecule is N=C(N)c1c(Br)cccc1Oc1ccc(Br)cc1Cl. The van der Waals surface area contributed by atoms with Gasteiger partial charge in [-0.05, 0) is 46.3 Å². The molecule has 2 aromatic carbocycles. The molecular weight excluding hydrogens is 395 g/mol. The Labute approximate surface area is 132 Å². The number of benzene rings is 2. The Morgan fingerprint density at radius 3 is 2.53 bits per heavy atom. The monoisotopic (exact) mass is 402 g/mol. The molecule has 0 saturated heterocycles. The van der Waals surface area contributed by atoms with Gasteiger partial charge in [0.25, 0.3) is 0 Å². The predicted octanol–water partition coefficient (Wildman–Crippen LogP) is 4.94. The summed E-state index contributed by atoms with van der Waals surface area (Å²) in [5, 5.41) is 8.07. The lowest BCUT2D eigenvalue weighted by Gasteiger charge is -2.12. The van der Waals surface area contributed by atoms with E-state index < -0.39 is 0 Å². The number of halogens is 3. The van der Waals surface area contributed by atoms with Crippen molar-refractivity contribution in [3.8, 4) is 11.5 Å². The molecule has 98 valence electrons. The van der Waals surface area contributed by atoms with Crippen LogP contribution in [0.5, 0.6) is 11.5 Å². The molecule has 3 N–H and O–H groups in total. The van der Waals surface area contributed by atoms with Gasteiger partial charge in [0, 0.05) is 8.95 Å². The number of nitrogen functional groups attached to an aromatic ring is 1. The Morgan fingerprint density at radius 1 is 1.16 bits per heavy atom. The van der Waals surface area contributed by atoms with Crippen LogP contribution in [0.4, 0.5) is 0 Å². The highest BCUT2D eigenvalue weighted by atomic mass is 79.9. The van der Waals surface area contributed by atoms with Crippen molar-refractivity contribution in [2.24, 2.45) is 5.73 Å². The molecule has 2 rings (SSSR count). The Morgan fingerprint density at radius 2 is 1.89 bits per heavy atom. The Kier molecular flexibility index (Phi) is 4.50. The summed E-state index contributed by atoms with van der Waals surface area (Å²) in [6, 6.07) is 10.7. The van der Waals surface area contributed by atoms with Gasteiger partial charge in [0.1, 0.15) is 17.3 Å². The van der Waals surface area contributed by atoms with Gasteiger partial charge in [-0.25, -0.2) is 0 Å². The van der Waals surface area contributed by atoms with E-state index in [0.29, 0.717) is 26.6 Å². The van der Waals surface area contributed by atoms with Crippen molar-refractivity contribution in [3.63, 3.8) is 0 Å². The summed E-state index contributed by atoms with van der Waals surface area (Å²) >= 11 is 12.8. The maximum Gasteiger partial charge on any atom is 0.146 e. The first-order valence-corrected chi connectivity index (χ1v) is 7.21. The van der Waals surface area contributed by atoms with Crippen LogP contribution in [0.25, 0.3) is 0 Å². The fourth-order valence-corrected chi connectivity index (χ4v) is 2.80. The smallest absolute Gasteiger partial charge is 0.146 e. The maximum absolute atomic E-state index is 7.60. The van der Waals surface area contributed by atoms with E-state index in [1.54, 1.807) is 30.3 Å². The zero-order chi connectivity index (χ0) is 14.0. The van der Waals surface area contributed by atoms with Crippen LogP contribution in [0.2, 0.25) is 5.02 Å². The molecule has 6 heteroatoms. The van der Waals surface area contributed by atoms with Crippen molar-refractivity contribution >= 4 is 49.3 Å². The first kappa shape index (κ1) is 14.4. The maximum atomic E-state index is 7.60. The second-order valence-electron chi connectivity index (χ2n) is 3.70. The molecule has 0 radical (unpaired) electrons. The highest BCUT2D eigenvalue weighted by Crippen LogP contribution is 2.35. The largest absolute Gasteiger partial charge is 0.455 e. The van der Waals surface area contributed by atoms with Crippen LogP contribution in [0.15, 0.2) is 45.3 Å². The van der Waals surface area contributed by atoms with Gasteiger partial charge < -0.3 is 10.5 Å². The zero-order valence-electron chi connectivity index (χ0n) is 9.58. The number of hydrogen-bond donors (Lipinski definition) is 2. The summed E-state index contributed by atoms with van der Waals surface area (Å²) in [6.07, 6.45) is 0. The third-order valence-electron chi connectivity index (χ3n) is 2.36. The van der Waals surface area contributed by atoms with Crippen LogP contribution in [0.1, 0.15) is 5.56 Å². The van der Waals surface area contributed by atoms with Crippen molar-refractivity contribution in [2.45, 2.75) is 0 Å². The third kappa shape index (κ3) is 3.29. The van der Waals surface area contributed by atoms with Gasteiger partial charge in [-0.3, -0.25) is 5.41 Å². The summed E-state index contributed by atoms with van der Waals surface area (Å²) in [6.45, 7) is 0. The average molecular weight is 404 g/mol. The van der Waals surface area contributed by atoms with E-state index in [0.717, 1.165) is 4.47 Å². The number of ether oxygens (including phenoxy) is 1. The van der Waals surface area contributed by atoms with Crippen molar-refractivity contribution in [1.82, 2.24) is 0 Å². The number of nitrogens with one attached hydrogen (secondary N) is 1. The lowest BCUT2D eigenvalue weighted by molar-refractivity contribution is 0.481. The first-order chi connectivity index (χ1) is 8.99. The minimum Gasteiger partial charge on any atom is -0.455 e. The highest BCUT2D eigenvalue weighted by Gasteiger charge is 2.13.